The summed E-state index contributed by atoms with van der Waals surface area (Å²) in [5.41, 5.74) is 2.31. The number of nitrogens with one attached hydrogen (secondary N) is 1. The topological polar surface area (TPSA) is 39.7 Å². The van der Waals surface area contributed by atoms with Crippen LogP contribution < -0.4 is 14.8 Å². The van der Waals surface area contributed by atoms with Gasteiger partial charge in [0.15, 0.2) is 0 Å². The highest BCUT2D eigenvalue weighted by molar-refractivity contribution is 5.46. The second-order valence-corrected chi connectivity index (χ2v) is 6.81. The zero-order valence-electron chi connectivity index (χ0n) is 15.7. The van der Waals surface area contributed by atoms with Gasteiger partial charge in [-0.1, -0.05) is 24.6 Å². The minimum Gasteiger partial charge on any atom is -0.491 e. The Bertz CT molecular complexity index is 648. The van der Waals surface area contributed by atoms with Crippen LogP contribution in [0.5, 0.6) is 11.5 Å². The van der Waals surface area contributed by atoms with Crippen LogP contribution in [0.1, 0.15) is 31.7 Å². The predicted octanol–water partition coefficient (Wildman–Crippen LogP) is 4.82. The molecule has 0 aromatic heterocycles. The van der Waals surface area contributed by atoms with E-state index in [1.807, 2.05) is 36.4 Å². The van der Waals surface area contributed by atoms with Gasteiger partial charge in [0.1, 0.15) is 24.2 Å². The number of ether oxygens (including phenoxy) is 3. The molecule has 1 saturated heterocycles. The van der Waals surface area contributed by atoms with Gasteiger partial charge in [-0.25, -0.2) is 0 Å². The van der Waals surface area contributed by atoms with Gasteiger partial charge in [0.05, 0.1) is 12.6 Å². The summed E-state index contributed by atoms with van der Waals surface area (Å²) < 4.78 is 17.4. The fourth-order valence-corrected chi connectivity index (χ4v) is 2.94. The third kappa shape index (κ3) is 5.67. The summed E-state index contributed by atoms with van der Waals surface area (Å²) in [4.78, 5) is 0. The van der Waals surface area contributed by atoms with E-state index in [4.69, 9.17) is 14.2 Å². The molecule has 3 rings (SSSR count). The van der Waals surface area contributed by atoms with E-state index in [2.05, 4.69) is 31.3 Å². The van der Waals surface area contributed by atoms with Gasteiger partial charge in [-0.15, -0.1) is 0 Å². The highest BCUT2D eigenvalue weighted by Gasteiger charge is 2.15. The Labute approximate surface area is 156 Å². The number of hydrogen-bond donors (Lipinski definition) is 1. The molecular formula is C22H29NO3. The van der Waals surface area contributed by atoms with Crippen molar-refractivity contribution in [3.05, 3.63) is 54.1 Å². The van der Waals surface area contributed by atoms with Gasteiger partial charge in [-0.3, -0.25) is 0 Å². The van der Waals surface area contributed by atoms with Crippen LogP contribution in [-0.2, 0) is 4.74 Å². The summed E-state index contributed by atoms with van der Waals surface area (Å²) in [6, 6.07) is 16.3. The minimum atomic E-state index is 0.133. The molecule has 1 aliphatic heterocycles. The van der Waals surface area contributed by atoms with Gasteiger partial charge in [0.25, 0.3) is 0 Å². The molecule has 2 atom stereocenters. The summed E-state index contributed by atoms with van der Waals surface area (Å²) >= 11 is 0. The average molecular weight is 355 g/mol. The van der Waals surface area contributed by atoms with Gasteiger partial charge >= 0.3 is 0 Å². The lowest BCUT2D eigenvalue weighted by Gasteiger charge is -2.19. The molecule has 0 amide bonds. The fraction of sp³-hybridized carbons (Fsp3) is 0.455. The van der Waals surface area contributed by atoms with Crippen molar-refractivity contribution >= 4 is 5.69 Å². The minimum absolute atomic E-state index is 0.133. The first-order valence-electron chi connectivity index (χ1n) is 9.54. The van der Waals surface area contributed by atoms with Gasteiger partial charge in [-0.2, -0.15) is 0 Å². The van der Waals surface area contributed by atoms with Crippen molar-refractivity contribution in [2.75, 3.05) is 25.1 Å². The number of benzene rings is 2. The molecule has 4 nitrogen and oxygen atoms in total. The summed E-state index contributed by atoms with van der Waals surface area (Å²) in [6.07, 6.45) is 3.56. The van der Waals surface area contributed by atoms with Crippen molar-refractivity contribution in [3.63, 3.8) is 0 Å². The Morgan fingerprint density at radius 2 is 1.81 bits per heavy atom. The van der Waals surface area contributed by atoms with E-state index in [1.54, 1.807) is 0 Å². The molecule has 140 valence electrons. The van der Waals surface area contributed by atoms with E-state index in [0.717, 1.165) is 49.6 Å². The second kappa shape index (κ2) is 9.48. The van der Waals surface area contributed by atoms with Crippen LogP contribution in [0.15, 0.2) is 48.5 Å². The maximum atomic E-state index is 6.06. The number of aryl methyl sites for hydroxylation is 1. The molecule has 0 spiro atoms. The van der Waals surface area contributed by atoms with Crippen molar-refractivity contribution in [2.45, 2.75) is 45.3 Å². The zero-order valence-corrected chi connectivity index (χ0v) is 15.7. The van der Waals surface area contributed by atoms with E-state index >= 15 is 0 Å². The third-order valence-electron chi connectivity index (χ3n) is 4.63. The van der Waals surface area contributed by atoms with E-state index in [-0.39, 0.29) is 12.2 Å². The molecule has 1 fully saturated rings. The molecule has 0 saturated carbocycles. The van der Waals surface area contributed by atoms with Crippen LogP contribution in [-0.4, -0.2) is 32.0 Å². The lowest BCUT2D eigenvalue weighted by molar-refractivity contribution is 0.0679. The molecule has 2 unspecified atom stereocenters. The molecule has 1 aliphatic rings. The van der Waals surface area contributed by atoms with Crippen LogP contribution in [0.25, 0.3) is 0 Å². The van der Waals surface area contributed by atoms with E-state index < -0.39 is 0 Å². The summed E-state index contributed by atoms with van der Waals surface area (Å²) in [6.45, 7) is 6.48. The van der Waals surface area contributed by atoms with Gasteiger partial charge in [0, 0.05) is 12.3 Å². The van der Waals surface area contributed by atoms with Crippen LogP contribution in [0, 0.1) is 6.92 Å². The molecular weight excluding hydrogens is 326 g/mol. The van der Waals surface area contributed by atoms with Crippen molar-refractivity contribution in [1.29, 1.82) is 0 Å². The van der Waals surface area contributed by atoms with Crippen LogP contribution in [0.3, 0.4) is 0 Å². The number of hydrogen-bond acceptors (Lipinski definition) is 4. The largest absolute Gasteiger partial charge is 0.491 e. The maximum Gasteiger partial charge on any atom is 0.119 e. The predicted molar refractivity (Wildman–Crippen MR) is 105 cm³/mol. The third-order valence-corrected chi connectivity index (χ3v) is 4.63. The summed E-state index contributed by atoms with van der Waals surface area (Å²) in [7, 11) is 0. The molecule has 2 aromatic rings. The van der Waals surface area contributed by atoms with Gasteiger partial charge in [-0.05, 0) is 62.6 Å². The Balaban J connectivity index is 1.44. The molecule has 2 aromatic carbocycles. The molecule has 4 heteroatoms. The van der Waals surface area contributed by atoms with Crippen molar-refractivity contribution in [1.82, 2.24) is 0 Å². The summed E-state index contributed by atoms with van der Waals surface area (Å²) in [5, 5.41) is 3.45. The molecule has 26 heavy (non-hydrogen) atoms. The van der Waals surface area contributed by atoms with Crippen molar-refractivity contribution in [2.24, 2.45) is 0 Å². The monoisotopic (exact) mass is 355 g/mol. The van der Waals surface area contributed by atoms with E-state index in [9.17, 15) is 0 Å². The number of anilines is 1. The highest BCUT2D eigenvalue weighted by Crippen LogP contribution is 2.19. The first-order chi connectivity index (χ1) is 12.7. The normalized spacial score (nSPS) is 17.7. The first-order valence-corrected chi connectivity index (χ1v) is 9.54. The Kier molecular flexibility index (Phi) is 6.78. The molecule has 1 heterocycles. The second-order valence-electron chi connectivity index (χ2n) is 6.81. The lowest BCUT2D eigenvalue weighted by atomic mass is 10.2. The highest BCUT2D eigenvalue weighted by atomic mass is 16.5. The average Bonchev–Trinajstić information content (AvgIpc) is 3.19. The molecule has 1 N–H and O–H groups in total. The van der Waals surface area contributed by atoms with Gasteiger partial charge in [0.2, 0.25) is 0 Å². The molecule has 0 bridgehead atoms. The SMILES string of the molecule is CCC(CNc1ccc(OCC2CCCO2)cc1)Oc1ccc(C)cc1. The van der Waals surface area contributed by atoms with Crippen LogP contribution in [0.4, 0.5) is 5.69 Å². The Morgan fingerprint density at radius 3 is 2.46 bits per heavy atom. The lowest BCUT2D eigenvalue weighted by Crippen LogP contribution is -2.25. The Morgan fingerprint density at radius 1 is 1.08 bits per heavy atom. The van der Waals surface area contributed by atoms with Crippen molar-refractivity contribution < 1.29 is 14.2 Å². The van der Waals surface area contributed by atoms with E-state index in [1.165, 1.54) is 5.56 Å². The fourth-order valence-electron chi connectivity index (χ4n) is 2.94. The molecule has 0 aliphatic carbocycles. The van der Waals surface area contributed by atoms with Crippen LogP contribution >= 0.6 is 0 Å². The van der Waals surface area contributed by atoms with Crippen molar-refractivity contribution in [3.8, 4) is 11.5 Å². The zero-order chi connectivity index (χ0) is 18.2. The standard InChI is InChI=1S/C22H29NO3/c1-3-19(26-21-10-6-17(2)7-11-21)15-23-18-8-12-20(13-9-18)25-16-22-5-4-14-24-22/h6-13,19,22-23H,3-5,14-16H2,1-2H3. The van der Waals surface area contributed by atoms with Crippen LogP contribution in [0.2, 0.25) is 0 Å². The number of rotatable bonds is 9. The smallest absolute Gasteiger partial charge is 0.119 e. The Hall–Kier alpha value is -2.20. The molecule has 0 radical (unpaired) electrons. The quantitative estimate of drug-likeness (QED) is 0.700. The summed E-state index contributed by atoms with van der Waals surface area (Å²) in [5.74, 6) is 1.80. The van der Waals surface area contributed by atoms with Gasteiger partial charge < -0.3 is 19.5 Å². The van der Waals surface area contributed by atoms with E-state index in [0.29, 0.717) is 6.61 Å². The first kappa shape index (κ1) is 18.6. The maximum absolute atomic E-state index is 6.06.